The Hall–Kier alpha value is -1.10. The van der Waals surface area contributed by atoms with E-state index in [9.17, 15) is 0 Å². The van der Waals surface area contributed by atoms with Gasteiger partial charge in [0.1, 0.15) is 5.75 Å². The first-order valence-electron chi connectivity index (χ1n) is 8.93. The minimum atomic E-state index is 0.435. The zero-order valence-corrected chi connectivity index (χ0v) is 14.5. The van der Waals surface area contributed by atoms with Crippen molar-refractivity contribution in [3.63, 3.8) is 0 Å². The standard InChI is InChI=1S/C19H30N2O2/c1-22-18-9-5-3-7-16(18)15-20-11-13-21(14-12-20)17-8-4-6-10-19(17)23-2/h3,5,7,9,17,19H,4,6,8,10-15H2,1-2H3. The van der Waals surface area contributed by atoms with E-state index in [2.05, 4.69) is 28.0 Å². The van der Waals surface area contributed by atoms with Gasteiger partial charge in [-0.3, -0.25) is 9.80 Å². The predicted molar refractivity (Wildman–Crippen MR) is 92.9 cm³/mol. The average molecular weight is 318 g/mol. The van der Waals surface area contributed by atoms with Gasteiger partial charge in [-0.05, 0) is 18.9 Å². The third-order valence-electron chi connectivity index (χ3n) is 5.43. The van der Waals surface area contributed by atoms with Gasteiger partial charge < -0.3 is 9.47 Å². The second kappa shape index (κ2) is 8.13. The second-order valence-corrected chi connectivity index (χ2v) is 6.75. The Morgan fingerprint density at radius 2 is 1.74 bits per heavy atom. The van der Waals surface area contributed by atoms with Crippen LogP contribution in [0.15, 0.2) is 24.3 Å². The minimum absolute atomic E-state index is 0.435. The molecule has 4 nitrogen and oxygen atoms in total. The molecule has 0 bridgehead atoms. The molecule has 23 heavy (non-hydrogen) atoms. The number of nitrogens with zero attached hydrogens (tertiary/aromatic N) is 2. The van der Waals surface area contributed by atoms with Crippen LogP contribution in [0.25, 0.3) is 0 Å². The molecule has 2 aliphatic rings. The molecule has 3 rings (SSSR count). The Kier molecular flexibility index (Phi) is 5.92. The monoisotopic (exact) mass is 318 g/mol. The molecule has 1 saturated carbocycles. The Balaban J connectivity index is 1.54. The molecule has 1 heterocycles. The molecule has 128 valence electrons. The lowest BCUT2D eigenvalue weighted by Crippen LogP contribution is -2.54. The van der Waals surface area contributed by atoms with Crippen molar-refractivity contribution in [1.29, 1.82) is 0 Å². The summed E-state index contributed by atoms with van der Waals surface area (Å²) in [6.07, 6.45) is 5.63. The molecule has 1 aliphatic heterocycles. The summed E-state index contributed by atoms with van der Waals surface area (Å²) in [5.74, 6) is 1.00. The summed E-state index contributed by atoms with van der Waals surface area (Å²) < 4.78 is 11.2. The average Bonchev–Trinajstić information content (AvgIpc) is 2.63. The van der Waals surface area contributed by atoms with Gasteiger partial charge in [0.25, 0.3) is 0 Å². The molecule has 2 unspecified atom stereocenters. The summed E-state index contributed by atoms with van der Waals surface area (Å²) in [7, 11) is 3.63. The molecule has 2 fully saturated rings. The lowest BCUT2D eigenvalue weighted by Gasteiger charge is -2.43. The third-order valence-corrected chi connectivity index (χ3v) is 5.43. The van der Waals surface area contributed by atoms with Gasteiger partial charge in [0.2, 0.25) is 0 Å². The Labute approximate surface area is 140 Å². The van der Waals surface area contributed by atoms with Crippen LogP contribution in [0.5, 0.6) is 5.75 Å². The first-order chi connectivity index (χ1) is 11.3. The summed E-state index contributed by atoms with van der Waals surface area (Å²) in [5, 5.41) is 0. The van der Waals surface area contributed by atoms with Crippen molar-refractivity contribution in [1.82, 2.24) is 9.80 Å². The highest BCUT2D eigenvalue weighted by molar-refractivity contribution is 5.33. The van der Waals surface area contributed by atoms with E-state index in [4.69, 9.17) is 9.47 Å². The van der Waals surface area contributed by atoms with Crippen LogP contribution in [0.2, 0.25) is 0 Å². The molecule has 1 aliphatic carbocycles. The van der Waals surface area contributed by atoms with Crippen LogP contribution in [0.1, 0.15) is 31.2 Å². The highest BCUT2D eigenvalue weighted by Crippen LogP contribution is 2.27. The van der Waals surface area contributed by atoms with Crippen molar-refractivity contribution < 1.29 is 9.47 Å². The van der Waals surface area contributed by atoms with Gasteiger partial charge in [0.05, 0.1) is 13.2 Å². The van der Waals surface area contributed by atoms with Gasteiger partial charge >= 0.3 is 0 Å². The normalized spacial score (nSPS) is 27.0. The summed E-state index contributed by atoms with van der Waals surface area (Å²) in [6.45, 7) is 5.55. The number of piperazine rings is 1. The fourth-order valence-electron chi connectivity index (χ4n) is 4.10. The van der Waals surface area contributed by atoms with Gasteiger partial charge in [-0.15, -0.1) is 0 Å². The molecule has 0 amide bonds. The highest BCUT2D eigenvalue weighted by Gasteiger charge is 2.32. The molecule has 4 heteroatoms. The van der Waals surface area contributed by atoms with Crippen molar-refractivity contribution >= 4 is 0 Å². The first-order valence-corrected chi connectivity index (χ1v) is 8.93. The van der Waals surface area contributed by atoms with Gasteiger partial charge in [0.15, 0.2) is 0 Å². The van der Waals surface area contributed by atoms with Gasteiger partial charge in [-0.25, -0.2) is 0 Å². The van der Waals surface area contributed by atoms with Crippen molar-refractivity contribution in [3.8, 4) is 5.75 Å². The Bertz CT molecular complexity index is 486. The zero-order valence-electron chi connectivity index (χ0n) is 14.5. The molecule has 0 N–H and O–H groups in total. The summed E-state index contributed by atoms with van der Waals surface area (Å²) >= 11 is 0. The van der Waals surface area contributed by atoms with Crippen LogP contribution in [-0.2, 0) is 11.3 Å². The maximum Gasteiger partial charge on any atom is 0.123 e. The van der Waals surface area contributed by atoms with Crippen molar-refractivity contribution in [2.45, 2.75) is 44.4 Å². The minimum Gasteiger partial charge on any atom is -0.496 e. The van der Waals surface area contributed by atoms with Crippen LogP contribution >= 0.6 is 0 Å². The van der Waals surface area contributed by atoms with Crippen LogP contribution in [0, 0.1) is 0 Å². The highest BCUT2D eigenvalue weighted by atomic mass is 16.5. The van der Waals surface area contributed by atoms with Crippen molar-refractivity contribution in [2.75, 3.05) is 40.4 Å². The number of ether oxygens (including phenoxy) is 2. The van der Waals surface area contributed by atoms with E-state index in [0.717, 1.165) is 38.5 Å². The van der Waals surface area contributed by atoms with E-state index in [1.165, 1.54) is 31.2 Å². The molecular formula is C19H30N2O2. The molecule has 1 aromatic carbocycles. The van der Waals surface area contributed by atoms with E-state index in [-0.39, 0.29) is 0 Å². The Morgan fingerprint density at radius 3 is 2.48 bits per heavy atom. The van der Waals surface area contributed by atoms with Crippen LogP contribution in [0.3, 0.4) is 0 Å². The summed E-state index contributed by atoms with van der Waals surface area (Å²) in [4.78, 5) is 5.20. The molecule has 2 atom stereocenters. The number of methoxy groups -OCH3 is 2. The van der Waals surface area contributed by atoms with Crippen LogP contribution < -0.4 is 4.74 Å². The second-order valence-electron chi connectivity index (χ2n) is 6.75. The van der Waals surface area contributed by atoms with E-state index >= 15 is 0 Å². The largest absolute Gasteiger partial charge is 0.496 e. The number of hydrogen-bond acceptors (Lipinski definition) is 4. The lowest BCUT2D eigenvalue weighted by atomic mass is 9.90. The Morgan fingerprint density at radius 1 is 1.00 bits per heavy atom. The van der Waals surface area contributed by atoms with Crippen LogP contribution in [0.4, 0.5) is 0 Å². The summed E-state index contributed by atoms with van der Waals surface area (Å²) in [6, 6.07) is 8.99. The van der Waals surface area contributed by atoms with E-state index in [0.29, 0.717) is 12.1 Å². The molecule has 0 radical (unpaired) electrons. The van der Waals surface area contributed by atoms with Gasteiger partial charge in [-0.2, -0.15) is 0 Å². The van der Waals surface area contributed by atoms with E-state index in [1.807, 2.05) is 13.2 Å². The quantitative estimate of drug-likeness (QED) is 0.833. The number of benzene rings is 1. The molecule has 0 spiro atoms. The number of para-hydroxylation sites is 1. The van der Waals surface area contributed by atoms with Gasteiger partial charge in [-0.1, -0.05) is 31.0 Å². The third kappa shape index (κ3) is 4.06. The molecule has 1 saturated heterocycles. The van der Waals surface area contributed by atoms with Crippen molar-refractivity contribution in [3.05, 3.63) is 29.8 Å². The van der Waals surface area contributed by atoms with Crippen LogP contribution in [-0.4, -0.2) is 62.3 Å². The maximum absolute atomic E-state index is 5.74. The van der Waals surface area contributed by atoms with Gasteiger partial charge in [0, 0.05) is 51.4 Å². The fraction of sp³-hybridized carbons (Fsp3) is 0.684. The first kappa shape index (κ1) is 16.7. The van der Waals surface area contributed by atoms with E-state index < -0.39 is 0 Å². The predicted octanol–water partition coefficient (Wildman–Crippen LogP) is 2.77. The smallest absolute Gasteiger partial charge is 0.123 e. The van der Waals surface area contributed by atoms with E-state index in [1.54, 1.807) is 7.11 Å². The SMILES string of the molecule is COc1ccccc1CN1CCN(C2CCCCC2OC)CC1. The molecule has 1 aromatic rings. The zero-order chi connectivity index (χ0) is 16.1. The summed E-state index contributed by atoms with van der Waals surface area (Å²) in [5.41, 5.74) is 1.29. The topological polar surface area (TPSA) is 24.9 Å². The molecular weight excluding hydrogens is 288 g/mol. The number of rotatable bonds is 5. The fourth-order valence-corrected chi connectivity index (χ4v) is 4.10. The molecule has 0 aromatic heterocycles. The lowest BCUT2D eigenvalue weighted by molar-refractivity contribution is -0.0279. The maximum atomic E-state index is 5.74. The number of hydrogen-bond donors (Lipinski definition) is 0. The van der Waals surface area contributed by atoms with Crippen molar-refractivity contribution in [2.24, 2.45) is 0 Å².